The number of unbranched alkanes of at least 4 members (excludes halogenated alkanes) is 6. The summed E-state index contributed by atoms with van der Waals surface area (Å²) in [4.78, 5) is 26.2. The number of rotatable bonds is 16. The van der Waals surface area contributed by atoms with Crippen LogP contribution in [0.25, 0.3) is 5.57 Å². The van der Waals surface area contributed by atoms with E-state index in [-0.39, 0.29) is 24.1 Å². The molecule has 1 aliphatic carbocycles. The highest BCUT2D eigenvalue weighted by atomic mass is 16.5. The van der Waals surface area contributed by atoms with E-state index in [1.165, 1.54) is 38.5 Å². The van der Waals surface area contributed by atoms with Crippen LogP contribution in [0.2, 0.25) is 0 Å². The molecule has 0 saturated carbocycles. The van der Waals surface area contributed by atoms with Gasteiger partial charge in [0.25, 0.3) is 0 Å². The van der Waals surface area contributed by atoms with Crippen LogP contribution in [0.4, 0.5) is 0 Å². The van der Waals surface area contributed by atoms with Crippen LogP contribution in [0.3, 0.4) is 0 Å². The molecule has 0 aromatic heterocycles. The van der Waals surface area contributed by atoms with Crippen LogP contribution in [0.15, 0.2) is 72.8 Å². The van der Waals surface area contributed by atoms with Crippen molar-refractivity contribution in [1.29, 1.82) is 0 Å². The Labute approximate surface area is 241 Å². The maximum absolute atomic E-state index is 13.6. The molecule has 2 aromatic carbocycles. The third kappa shape index (κ3) is 8.94. The largest absolute Gasteiger partial charge is 0.462 e. The van der Waals surface area contributed by atoms with E-state index >= 15 is 0 Å². The maximum Gasteiger partial charge on any atom is 0.338 e. The number of ether oxygens (including phenoxy) is 2. The number of allylic oxidation sites excluding steroid dienone is 3. The fraction of sp³-hybridized carbons (Fsp3) is 0.500. The fourth-order valence-corrected chi connectivity index (χ4v) is 5.24. The number of carbonyl (C=O) groups excluding carboxylic acids is 2. The predicted octanol–water partition coefficient (Wildman–Crippen LogP) is 9.39. The lowest BCUT2D eigenvalue weighted by Gasteiger charge is -2.32. The maximum atomic E-state index is 13.6. The summed E-state index contributed by atoms with van der Waals surface area (Å²) >= 11 is 0. The predicted molar refractivity (Wildman–Crippen MR) is 164 cm³/mol. The third-order valence-corrected chi connectivity index (χ3v) is 7.84. The minimum atomic E-state index is -0.848. The van der Waals surface area contributed by atoms with Gasteiger partial charge in [-0.3, -0.25) is 4.79 Å². The number of esters is 2. The van der Waals surface area contributed by atoms with Crippen LogP contribution >= 0.6 is 0 Å². The number of hydrogen-bond acceptors (Lipinski definition) is 4. The molecule has 3 atom stereocenters. The minimum absolute atomic E-state index is 0.0852. The van der Waals surface area contributed by atoms with Crippen molar-refractivity contribution in [1.82, 2.24) is 0 Å². The average Bonchev–Trinajstić information content (AvgIpc) is 2.98. The molecule has 0 N–H and O–H groups in total. The zero-order valence-electron chi connectivity index (χ0n) is 25.0. The first-order valence-corrected chi connectivity index (χ1v) is 15.4. The zero-order valence-corrected chi connectivity index (χ0v) is 25.0. The normalized spacial score (nSPS) is 18.1. The molecule has 4 heteroatoms. The Morgan fingerprint density at radius 3 is 1.93 bits per heavy atom. The number of carbonyl (C=O) groups is 2. The van der Waals surface area contributed by atoms with E-state index in [0.717, 1.165) is 42.4 Å². The Morgan fingerprint density at radius 1 is 0.775 bits per heavy atom. The highest BCUT2D eigenvalue weighted by Gasteiger charge is 2.40. The van der Waals surface area contributed by atoms with E-state index in [9.17, 15) is 9.59 Å². The van der Waals surface area contributed by atoms with Gasteiger partial charge in [-0.05, 0) is 74.8 Å². The van der Waals surface area contributed by atoms with Gasteiger partial charge in [0.05, 0.1) is 17.8 Å². The molecule has 1 unspecified atom stereocenters. The summed E-state index contributed by atoms with van der Waals surface area (Å²) in [5, 5.41) is 0. The highest BCUT2D eigenvalue weighted by molar-refractivity contribution is 5.92. The summed E-state index contributed by atoms with van der Waals surface area (Å²) in [6.45, 7) is 8.35. The summed E-state index contributed by atoms with van der Waals surface area (Å²) in [5.41, 5.74) is 2.67. The molecule has 2 aromatic rings. The van der Waals surface area contributed by atoms with Crippen LogP contribution in [0, 0.1) is 0 Å². The SMILES string of the molecule is CCCCCC[C@H](C)OC(=O)c1ccc(C2=CCC(C(=O)O[C@@H](C)CCCCCC)(c3ccccc3)C=C2)cc1. The van der Waals surface area contributed by atoms with E-state index in [0.29, 0.717) is 12.0 Å². The van der Waals surface area contributed by atoms with E-state index in [2.05, 4.69) is 19.9 Å². The summed E-state index contributed by atoms with van der Waals surface area (Å²) in [6, 6.07) is 17.4. The average molecular weight is 545 g/mol. The summed E-state index contributed by atoms with van der Waals surface area (Å²) in [6.07, 6.45) is 17.5. The van der Waals surface area contributed by atoms with Gasteiger partial charge in [-0.15, -0.1) is 0 Å². The minimum Gasteiger partial charge on any atom is -0.462 e. The Morgan fingerprint density at radius 2 is 1.38 bits per heavy atom. The van der Waals surface area contributed by atoms with Gasteiger partial charge in [-0.25, -0.2) is 4.79 Å². The molecule has 0 amide bonds. The van der Waals surface area contributed by atoms with E-state index in [1.807, 2.05) is 80.6 Å². The van der Waals surface area contributed by atoms with Gasteiger partial charge in [-0.1, -0.05) is 113 Å². The van der Waals surface area contributed by atoms with Crippen molar-refractivity contribution in [2.75, 3.05) is 0 Å². The molecule has 0 radical (unpaired) electrons. The Kier molecular flexibility index (Phi) is 12.7. The molecular weight excluding hydrogens is 496 g/mol. The van der Waals surface area contributed by atoms with Crippen LogP contribution in [0.5, 0.6) is 0 Å². The van der Waals surface area contributed by atoms with Gasteiger partial charge in [0.15, 0.2) is 0 Å². The van der Waals surface area contributed by atoms with Crippen molar-refractivity contribution in [2.24, 2.45) is 0 Å². The third-order valence-electron chi connectivity index (χ3n) is 7.84. The van der Waals surface area contributed by atoms with E-state index in [1.54, 1.807) is 0 Å². The van der Waals surface area contributed by atoms with Crippen molar-refractivity contribution >= 4 is 17.5 Å². The topological polar surface area (TPSA) is 52.6 Å². The van der Waals surface area contributed by atoms with Gasteiger partial charge in [0, 0.05) is 0 Å². The summed E-state index contributed by atoms with van der Waals surface area (Å²) < 4.78 is 11.7. The molecule has 0 heterocycles. The lowest BCUT2D eigenvalue weighted by molar-refractivity contribution is -0.153. The molecule has 0 aliphatic heterocycles. The van der Waals surface area contributed by atoms with Crippen LogP contribution in [-0.4, -0.2) is 24.1 Å². The molecule has 0 saturated heterocycles. The molecule has 4 nitrogen and oxygen atoms in total. The number of hydrogen-bond donors (Lipinski definition) is 0. The smallest absolute Gasteiger partial charge is 0.338 e. The van der Waals surface area contributed by atoms with Crippen molar-refractivity contribution in [3.05, 3.63) is 89.5 Å². The van der Waals surface area contributed by atoms with Crippen LogP contribution < -0.4 is 0 Å². The summed E-state index contributed by atoms with van der Waals surface area (Å²) in [7, 11) is 0. The number of benzene rings is 2. The molecule has 0 spiro atoms. The van der Waals surface area contributed by atoms with E-state index < -0.39 is 5.41 Å². The molecule has 3 rings (SSSR count). The molecule has 40 heavy (non-hydrogen) atoms. The monoisotopic (exact) mass is 544 g/mol. The first-order chi connectivity index (χ1) is 19.4. The second-order valence-corrected chi connectivity index (χ2v) is 11.2. The fourth-order valence-electron chi connectivity index (χ4n) is 5.24. The lowest BCUT2D eigenvalue weighted by atomic mass is 9.73. The standard InChI is InChI=1S/C36H48O4/c1-5-7-9-12-16-28(3)39-34(37)32-22-20-30(21-23-32)31-24-26-36(27-25-31,33-18-14-11-15-19-33)35(38)40-29(4)17-13-10-8-6-2/h11,14-15,18-26,28-29H,5-10,12-13,16-17,27H2,1-4H3/t28-,29-,36?/m0/s1. The molecule has 216 valence electrons. The van der Waals surface area contributed by atoms with Crippen molar-refractivity contribution in [3.8, 4) is 0 Å². The van der Waals surface area contributed by atoms with Gasteiger partial charge in [-0.2, -0.15) is 0 Å². The summed E-state index contributed by atoms with van der Waals surface area (Å²) in [5.74, 6) is -0.479. The Hall–Kier alpha value is -3.14. The van der Waals surface area contributed by atoms with E-state index in [4.69, 9.17) is 9.47 Å². The van der Waals surface area contributed by atoms with Crippen LogP contribution in [-0.2, 0) is 19.7 Å². The lowest BCUT2D eigenvalue weighted by Crippen LogP contribution is -2.38. The highest BCUT2D eigenvalue weighted by Crippen LogP contribution is 2.38. The first kappa shape index (κ1) is 31.4. The quantitative estimate of drug-likeness (QED) is 0.156. The zero-order chi connectivity index (χ0) is 28.8. The van der Waals surface area contributed by atoms with Gasteiger partial charge in [0.1, 0.15) is 5.41 Å². The van der Waals surface area contributed by atoms with Crippen LogP contribution in [0.1, 0.15) is 120 Å². The second kappa shape index (κ2) is 16.2. The Balaban J connectivity index is 1.66. The van der Waals surface area contributed by atoms with Crippen molar-refractivity contribution in [2.45, 2.75) is 116 Å². The molecule has 1 aliphatic rings. The van der Waals surface area contributed by atoms with Crippen molar-refractivity contribution < 1.29 is 19.1 Å². The van der Waals surface area contributed by atoms with Gasteiger partial charge < -0.3 is 9.47 Å². The van der Waals surface area contributed by atoms with Gasteiger partial charge >= 0.3 is 11.9 Å². The van der Waals surface area contributed by atoms with Crippen molar-refractivity contribution in [3.63, 3.8) is 0 Å². The molecule has 0 bridgehead atoms. The molecule has 0 fully saturated rings. The molecular formula is C36H48O4. The first-order valence-electron chi connectivity index (χ1n) is 15.4. The Bertz CT molecular complexity index is 1120. The second-order valence-electron chi connectivity index (χ2n) is 11.2. The van der Waals surface area contributed by atoms with Gasteiger partial charge in [0.2, 0.25) is 0 Å².